The summed E-state index contributed by atoms with van der Waals surface area (Å²) in [7, 11) is -2.52. The summed E-state index contributed by atoms with van der Waals surface area (Å²) in [6, 6.07) is 9.36. The molecule has 2 aliphatic carbocycles. The number of furan rings is 2. The lowest BCUT2D eigenvalue weighted by molar-refractivity contribution is 0.482. The van der Waals surface area contributed by atoms with Gasteiger partial charge < -0.3 is 8.83 Å². The van der Waals surface area contributed by atoms with Gasteiger partial charge in [0.05, 0.1) is 9.79 Å². The van der Waals surface area contributed by atoms with Gasteiger partial charge in [-0.2, -0.15) is 8.42 Å². The first-order valence-corrected chi connectivity index (χ1v) is 14.9. The average Bonchev–Trinajstić information content (AvgIpc) is 3.35. The molecule has 2 aliphatic rings. The topological polar surface area (TPSA) is 115 Å². The first kappa shape index (κ1) is 23.4. The summed E-state index contributed by atoms with van der Waals surface area (Å²) in [6.07, 6.45) is 8.38. The van der Waals surface area contributed by atoms with Crippen LogP contribution >= 0.6 is 10.7 Å². The molecule has 1 N–H and O–H groups in total. The van der Waals surface area contributed by atoms with Crippen molar-refractivity contribution in [2.45, 2.75) is 61.2 Å². The zero-order valence-electron chi connectivity index (χ0n) is 18.2. The molecule has 0 aliphatic heterocycles. The standard InChI is InChI=1S/C12H11ClO3S.C12H12O4S/c2*13-17(14,15)8-5-6-10-9-3-1-2-4-11(9)16-12(10)7-8/h5-7H,1-4H2;5-7H,1-4H2,(H,13,14,15). The Bertz CT molecular complexity index is 1490. The van der Waals surface area contributed by atoms with Crippen molar-refractivity contribution in [3.63, 3.8) is 0 Å². The molecule has 0 bridgehead atoms. The zero-order chi connectivity index (χ0) is 24.1. The second kappa shape index (κ2) is 8.71. The Kier molecular flexibility index (Phi) is 6.00. The Balaban J connectivity index is 0.000000142. The van der Waals surface area contributed by atoms with Crippen LogP contribution in [-0.4, -0.2) is 21.4 Å². The van der Waals surface area contributed by atoms with Crippen molar-refractivity contribution in [2.24, 2.45) is 0 Å². The summed E-state index contributed by atoms with van der Waals surface area (Å²) >= 11 is 0. The molecule has 0 amide bonds. The van der Waals surface area contributed by atoms with Crippen LogP contribution < -0.4 is 0 Å². The van der Waals surface area contributed by atoms with Crippen LogP contribution in [0.15, 0.2) is 55.0 Å². The molecule has 10 heteroatoms. The molecule has 0 spiro atoms. The molecular weight excluding hydrogens is 500 g/mol. The fraction of sp³-hybridized carbons (Fsp3) is 0.333. The van der Waals surface area contributed by atoms with Gasteiger partial charge in [0.2, 0.25) is 0 Å². The van der Waals surface area contributed by atoms with E-state index in [4.69, 9.17) is 24.1 Å². The van der Waals surface area contributed by atoms with E-state index in [1.807, 2.05) is 0 Å². The van der Waals surface area contributed by atoms with Gasteiger partial charge in [0.1, 0.15) is 22.7 Å². The van der Waals surface area contributed by atoms with Crippen LogP contribution in [0.2, 0.25) is 0 Å². The van der Waals surface area contributed by atoms with Gasteiger partial charge in [0.15, 0.2) is 0 Å². The normalized spacial score (nSPS) is 16.1. The monoisotopic (exact) mass is 522 g/mol. The fourth-order valence-electron chi connectivity index (χ4n) is 4.80. The van der Waals surface area contributed by atoms with E-state index in [9.17, 15) is 16.8 Å². The molecular formula is C24H23ClO7S2. The minimum Gasteiger partial charge on any atom is -0.461 e. The number of halogens is 1. The highest BCUT2D eigenvalue weighted by atomic mass is 35.7. The molecule has 0 saturated carbocycles. The van der Waals surface area contributed by atoms with Gasteiger partial charge in [-0.15, -0.1) is 0 Å². The molecule has 4 aromatic rings. The van der Waals surface area contributed by atoms with E-state index in [0.717, 1.165) is 73.7 Å². The van der Waals surface area contributed by atoms with Crippen LogP contribution in [0.3, 0.4) is 0 Å². The molecule has 2 heterocycles. The molecule has 2 aromatic carbocycles. The molecule has 6 rings (SSSR count). The van der Waals surface area contributed by atoms with E-state index in [-0.39, 0.29) is 9.79 Å². The van der Waals surface area contributed by atoms with Crippen molar-refractivity contribution in [3.05, 3.63) is 59.0 Å². The van der Waals surface area contributed by atoms with Gasteiger partial charge in [-0.3, -0.25) is 4.55 Å². The number of fused-ring (bicyclic) bond motifs is 6. The van der Waals surface area contributed by atoms with E-state index < -0.39 is 19.2 Å². The number of hydrogen-bond acceptors (Lipinski definition) is 6. The van der Waals surface area contributed by atoms with Crippen molar-refractivity contribution in [2.75, 3.05) is 0 Å². The first-order valence-electron chi connectivity index (χ1n) is 11.1. The summed E-state index contributed by atoms with van der Waals surface area (Å²) in [5, 5.41) is 1.98. The third kappa shape index (κ3) is 4.49. The minimum atomic E-state index is -4.16. The maximum atomic E-state index is 11.2. The predicted molar refractivity (Wildman–Crippen MR) is 129 cm³/mol. The van der Waals surface area contributed by atoms with E-state index >= 15 is 0 Å². The average molecular weight is 523 g/mol. The summed E-state index contributed by atoms with van der Waals surface area (Å²) in [6.45, 7) is 0. The third-order valence-corrected chi connectivity index (χ3v) is 8.64. The first-order chi connectivity index (χ1) is 16.1. The third-order valence-electron chi connectivity index (χ3n) is 6.44. The zero-order valence-corrected chi connectivity index (χ0v) is 20.6. The highest BCUT2D eigenvalue weighted by molar-refractivity contribution is 8.13. The Morgan fingerprint density at radius 2 is 1.12 bits per heavy atom. The molecule has 34 heavy (non-hydrogen) atoms. The molecule has 0 fully saturated rings. The van der Waals surface area contributed by atoms with Gasteiger partial charge in [-0.05, 0) is 62.8 Å². The van der Waals surface area contributed by atoms with Crippen molar-refractivity contribution in [3.8, 4) is 0 Å². The van der Waals surface area contributed by atoms with Crippen molar-refractivity contribution < 1.29 is 30.2 Å². The molecule has 0 unspecified atom stereocenters. The Morgan fingerprint density at radius 1 is 0.676 bits per heavy atom. The van der Waals surface area contributed by atoms with Crippen molar-refractivity contribution >= 4 is 51.8 Å². The van der Waals surface area contributed by atoms with Gasteiger partial charge in [0.25, 0.3) is 19.2 Å². The van der Waals surface area contributed by atoms with E-state index in [1.165, 1.54) is 35.4 Å². The molecule has 180 valence electrons. The van der Waals surface area contributed by atoms with E-state index in [0.29, 0.717) is 11.2 Å². The minimum absolute atomic E-state index is 0.0952. The second-order valence-corrected chi connectivity index (χ2v) is 12.6. The number of rotatable bonds is 2. The molecule has 0 atom stereocenters. The quantitative estimate of drug-likeness (QED) is 0.261. The maximum absolute atomic E-state index is 11.2. The number of hydrogen-bond donors (Lipinski definition) is 1. The van der Waals surface area contributed by atoms with Gasteiger partial charge in [-0.1, -0.05) is 0 Å². The van der Waals surface area contributed by atoms with Crippen LogP contribution in [0.1, 0.15) is 48.3 Å². The van der Waals surface area contributed by atoms with Gasteiger partial charge in [-0.25, -0.2) is 8.42 Å². The lowest BCUT2D eigenvalue weighted by atomic mass is 9.96. The van der Waals surface area contributed by atoms with E-state index in [2.05, 4.69) is 0 Å². The van der Waals surface area contributed by atoms with E-state index in [1.54, 1.807) is 12.1 Å². The van der Waals surface area contributed by atoms with Crippen molar-refractivity contribution in [1.29, 1.82) is 0 Å². The Labute approximate surface area is 201 Å². The van der Waals surface area contributed by atoms with Crippen LogP contribution in [0.4, 0.5) is 0 Å². The van der Waals surface area contributed by atoms with Crippen LogP contribution in [0.5, 0.6) is 0 Å². The SMILES string of the molecule is O=S(=O)(Cl)c1ccc2c3c(oc2c1)CCCC3.O=S(=O)(O)c1ccc2c3c(oc2c1)CCCC3. The van der Waals surface area contributed by atoms with Crippen LogP contribution in [-0.2, 0) is 44.9 Å². The molecule has 0 saturated heterocycles. The molecule has 0 radical (unpaired) electrons. The number of benzene rings is 2. The van der Waals surface area contributed by atoms with Gasteiger partial charge in [0, 0.05) is 57.6 Å². The maximum Gasteiger partial charge on any atom is 0.294 e. The van der Waals surface area contributed by atoms with Crippen molar-refractivity contribution in [1.82, 2.24) is 0 Å². The number of aryl methyl sites for hydroxylation is 4. The smallest absolute Gasteiger partial charge is 0.294 e. The highest BCUT2D eigenvalue weighted by Crippen LogP contribution is 2.34. The largest absolute Gasteiger partial charge is 0.461 e. The Morgan fingerprint density at radius 3 is 1.59 bits per heavy atom. The fourth-order valence-corrected chi connectivity index (χ4v) is 6.06. The summed E-state index contributed by atoms with van der Waals surface area (Å²) < 4.78 is 64.9. The summed E-state index contributed by atoms with van der Waals surface area (Å²) in [5.74, 6) is 1.95. The predicted octanol–water partition coefficient (Wildman–Crippen LogP) is 5.80. The summed E-state index contributed by atoms with van der Waals surface area (Å²) in [4.78, 5) is -0.0196. The lowest BCUT2D eigenvalue weighted by Gasteiger charge is -2.08. The second-order valence-electron chi connectivity index (χ2n) is 8.65. The highest BCUT2D eigenvalue weighted by Gasteiger charge is 2.21. The molecule has 7 nitrogen and oxygen atoms in total. The summed E-state index contributed by atoms with van der Waals surface area (Å²) in [5.41, 5.74) is 3.59. The van der Waals surface area contributed by atoms with Gasteiger partial charge >= 0.3 is 0 Å². The van der Waals surface area contributed by atoms with Crippen LogP contribution in [0.25, 0.3) is 21.9 Å². The van der Waals surface area contributed by atoms with Crippen LogP contribution in [0, 0.1) is 0 Å². The Hall–Kier alpha value is -2.33. The molecule has 2 aromatic heterocycles. The lowest BCUT2D eigenvalue weighted by Crippen LogP contribution is -1.99.